The van der Waals surface area contributed by atoms with Crippen LogP contribution < -0.4 is 0 Å². The third-order valence-corrected chi connectivity index (χ3v) is 6.01. The van der Waals surface area contributed by atoms with Gasteiger partial charge in [-0.15, -0.1) is 0 Å². The molecule has 2 aliphatic rings. The van der Waals surface area contributed by atoms with Crippen LogP contribution in [-0.2, 0) is 11.8 Å². The molecular formula is C19H28O. The van der Waals surface area contributed by atoms with Gasteiger partial charge < -0.3 is 5.11 Å². The number of aliphatic hydroxyl groups is 1. The zero-order valence-electron chi connectivity index (χ0n) is 13.4. The van der Waals surface area contributed by atoms with Gasteiger partial charge in [0, 0.05) is 0 Å². The van der Waals surface area contributed by atoms with E-state index >= 15 is 0 Å². The van der Waals surface area contributed by atoms with Gasteiger partial charge >= 0.3 is 0 Å². The summed E-state index contributed by atoms with van der Waals surface area (Å²) in [7, 11) is 0. The summed E-state index contributed by atoms with van der Waals surface area (Å²) in [4.78, 5) is 0. The smallest absolute Gasteiger partial charge is 0.0656 e. The number of fused-ring (bicyclic) bond motifs is 3. The lowest BCUT2D eigenvalue weighted by atomic mass is 9.53. The molecule has 1 fully saturated rings. The number of hydrogen-bond donors (Lipinski definition) is 1. The van der Waals surface area contributed by atoms with Crippen molar-refractivity contribution in [3.8, 4) is 0 Å². The third kappa shape index (κ3) is 2.02. The van der Waals surface area contributed by atoms with Gasteiger partial charge in [0.25, 0.3) is 0 Å². The van der Waals surface area contributed by atoms with Crippen molar-refractivity contribution >= 4 is 0 Å². The highest BCUT2D eigenvalue weighted by Gasteiger charge is 2.50. The summed E-state index contributed by atoms with van der Waals surface area (Å²) >= 11 is 0. The van der Waals surface area contributed by atoms with Gasteiger partial charge in [-0.1, -0.05) is 39.0 Å². The van der Waals surface area contributed by atoms with E-state index in [4.69, 9.17) is 0 Å². The number of aryl methyl sites for hydroxylation is 1. The molecule has 0 unspecified atom stereocenters. The van der Waals surface area contributed by atoms with Crippen LogP contribution in [0.3, 0.4) is 0 Å². The van der Waals surface area contributed by atoms with Crippen LogP contribution in [-0.4, -0.2) is 10.7 Å². The maximum Gasteiger partial charge on any atom is 0.0656 e. The minimum absolute atomic E-state index is 0.171. The van der Waals surface area contributed by atoms with Crippen LogP contribution in [0.2, 0.25) is 0 Å². The van der Waals surface area contributed by atoms with Crippen LogP contribution in [0.4, 0.5) is 0 Å². The number of hydrogen-bond acceptors (Lipinski definition) is 1. The summed E-state index contributed by atoms with van der Waals surface area (Å²) in [5, 5.41) is 10.8. The Balaban J connectivity index is 2.06. The highest BCUT2D eigenvalue weighted by molar-refractivity contribution is 5.42. The quantitative estimate of drug-likeness (QED) is 0.794. The van der Waals surface area contributed by atoms with E-state index in [-0.39, 0.29) is 5.41 Å². The summed E-state index contributed by atoms with van der Waals surface area (Å²) in [5.41, 5.74) is 4.19. The van der Waals surface area contributed by atoms with Crippen molar-refractivity contribution in [2.24, 2.45) is 5.92 Å². The minimum atomic E-state index is -0.485. The molecule has 110 valence electrons. The van der Waals surface area contributed by atoms with Crippen molar-refractivity contribution in [2.75, 3.05) is 0 Å². The zero-order valence-corrected chi connectivity index (χ0v) is 13.4. The van der Waals surface area contributed by atoms with E-state index in [9.17, 15) is 5.11 Å². The molecule has 2 aliphatic carbocycles. The Morgan fingerprint density at radius 3 is 2.65 bits per heavy atom. The van der Waals surface area contributed by atoms with E-state index in [1.54, 1.807) is 0 Å². The first-order valence-corrected chi connectivity index (χ1v) is 8.20. The lowest BCUT2D eigenvalue weighted by Crippen LogP contribution is -2.52. The summed E-state index contributed by atoms with van der Waals surface area (Å²) < 4.78 is 0. The summed E-state index contributed by atoms with van der Waals surface area (Å²) in [6.07, 6.45) is 5.60. The van der Waals surface area contributed by atoms with Gasteiger partial charge in [-0.3, -0.25) is 0 Å². The lowest BCUT2D eigenvalue weighted by Gasteiger charge is -2.53. The average molecular weight is 272 g/mol. The highest BCUT2D eigenvalue weighted by Crippen LogP contribution is 2.53. The molecule has 0 bridgehead atoms. The molecule has 1 N–H and O–H groups in total. The van der Waals surface area contributed by atoms with E-state index in [1.807, 2.05) is 0 Å². The van der Waals surface area contributed by atoms with Crippen molar-refractivity contribution in [2.45, 2.75) is 76.7 Å². The Bertz CT molecular complexity index is 514. The number of rotatable bonds is 1. The monoisotopic (exact) mass is 272 g/mol. The first-order valence-electron chi connectivity index (χ1n) is 8.20. The fraction of sp³-hybridized carbons (Fsp3) is 0.684. The minimum Gasteiger partial charge on any atom is -0.390 e. The van der Waals surface area contributed by atoms with E-state index < -0.39 is 5.60 Å². The molecule has 1 aromatic rings. The second kappa shape index (κ2) is 4.59. The van der Waals surface area contributed by atoms with Crippen molar-refractivity contribution in [1.29, 1.82) is 0 Å². The van der Waals surface area contributed by atoms with Crippen molar-refractivity contribution in [3.05, 3.63) is 34.9 Å². The van der Waals surface area contributed by atoms with Gasteiger partial charge in [-0.2, -0.15) is 0 Å². The third-order valence-electron chi connectivity index (χ3n) is 6.01. The Morgan fingerprint density at radius 2 is 1.95 bits per heavy atom. The largest absolute Gasteiger partial charge is 0.390 e. The molecule has 0 amide bonds. The molecule has 1 heteroatoms. The molecule has 0 radical (unpaired) electrons. The van der Waals surface area contributed by atoms with Crippen LogP contribution in [0.15, 0.2) is 18.2 Å². The van der Waals surface area contributed by atoms with Gasteiger partial charge in [0.15, 0.2) is 0 Å². The number of benzene rings is 1. The summed E-state index contributed by atoms with van der Waals surface area (Å²) in [6.45, 7) is 8.97. The van der Waals surface area contributed by atoms with Crippen LogP contribution in [0.25, 0.3) is 0 Å². The lowest BCUT2D eigenvalue weighted by molar-refractivity contribution is -0.0748. The molecule has 3 rings (SSSR count). The molecule has 1 nitrogen and oxygen atoms in total. The standard InChI is InChI=1S/C19H28O/c1-13(2)14-6-8-16-15(12-14)7-9-17-18(16,3)10-5-11-19(17,4)20/h6,8,12-13,17,20H,5,7,9-11H2,1-4H3/t17-,18+,19+/m0/s1. The van der Waals surface area contributed by atoms with E-state index in [0.717, 1.165) is 25.7 Å². The Labute approximate surface area is 123 Å². The Hall–Kier alpha value is -0.820. The van der Waals surface area contributed by atoms with Crippen molar-refractivity contribution in [1.82, 2.24) is 0 Å². The van der Waals surface area contributed by atoms with Crippen molar-refractivity contribution in [3.63, 3.8) is 0 Å². The van der Waals surface area contributed by atoms with E-state index in [0.29, 0.717) is 11.8 Å². The van der Waals surface area contributed by atoms with Gasteiger partial charge in [0.1, 0.15) is 0 Å². The molecule has 0 heterocycles. The first-order chi connectivity index (χ1) is 9.34. The maximum absolute atomic E-state index is 10.8. The topological polar surface area (TPSA) is 20.2 Å². The second-order valence-electron chi connectivity index (χ2n) is 7.79. The molecule has 0 aliphatic heterocycles. The predicted octanol–water partition coefficient (Wildman–Crippen LogP) is 4.57. The molecule has 0 saturated heterocycles. The summed E-state index contributed by atoms with van der Waals surface area (Å²) in [6, 6.07) is 7.09. The normalized spacial score (nSPS) is 36.6. The predicted molar refractivity (Wildman–Crippen MR) is 84.2 cm³/mol. The fourth-order valence-corrected chi connectivity index (χ4v) is 4.84. The molecule has 0 aromatic heterocycles. The molecular weight excluding hydrogens is 244 g/mol. The van der Waals surface area contributed by atoms with E-state index in [2.05, 4.69) is 45.9 Å². The Kier molecular flexibility index (Phi) is 3.25. The van der Waals surface area contributed by atoms with Crippen LogP contribution in [0.1, 0.15) is 76.0 Å². The van der Waals surface area contributed by atoms with Gasteiger partial charge in [-0.05, 0) is 73.0 Å². The highest BCUT2D eigenvalue weighted by atomic mass is 16.3. The zero-order chi connectivity index (χ0) is 14.5. The van der Waals surface area contributed by atoms with Crippen molar-refractivity contribution < 1.29 is 5.11 Å². The Morgan fingerprint density at radius 1 is 1.20 bits per heavy atom. The molecule has 1 aromatic carbocycles. The summed E-state index contributed by atoms with van der Waals surface area (Å²) in [5.74, 6) is 1.02. The molecule has 1 saturated carbocycles. The molecule has 3 atom stereocenters. The molecule has 20 heavy (non-hydrogen) atoms. The van der Waals surface area contributed by atoms with E-state index in [1.165, 1.54) is 23.1 Å². The second-order valence-corrected chi connectivity index (χ2v) is 7.79. The van der Waals surface area contributed by atoms with Gasteiger partial charge in [0.05, 0.1) is 5.60 Å². The maximum atomic E-state index is 10.8. The van der Waals surface area contributed by atoms with Gasteiger partial charge in [-0.25, -0.2) is 0 Å². The fourth-order valence-electron chi connectivity index (χ4n) is 4.84. The van der Waals surface area contributed by atoms with Crippen LogP contribution >= 0.6 is 0 Å². The molecule has 0 spiro atoms. The van der Waals surface area contributed by atoms with Crippen LogP contribution in [0.5, 0.6) is 0 Å². The SMILES string of the molecule is CC(C)c1ccc2c(c1)CC[C@@H]1[C@](C)(O)CCC[C@]21C. The average Bonchev–Trinajstić information content (AvgIpc) is 2.37. The first kappa shape index (κ1) is 14.1. The van der Waals surface area contributed by atoms with Crippen LogP contribution in [0, 0.1) is 5.92 Å². The van der Waals surface area contributed by atoms with Gasteiger partial charge in [0.2, 0.25) is 0 Å².